The summed E-state index contributed by atoms with van der Waals surface area (Å²) in [4.78, 5) is 25.2. The molecular weight excluding hydrogens is 370 g/mol. The van der Waals surface area contributed by atoms with E-state index in [4.69, 9.17) is 5.73 Å². The van der Waals surface area contributed by atoms with Crippen molar-refractivity contribution in [3.63, 3.8) is 0 Å². The molecule has 0 spiro atoms. The molecule has 1 aliphatic rings. The number of nitrogens with two attached hydrogens (primary N) is 1. The lowest BCUT2D eigenvalue weighted by atomic mass is 10.1. The number of halogens is 1. The lowest BCUT2D eigenvalue weighted by molar-refractivity contribution is 0.0995. The van der Waals surface area contributed by atoms with Crippen LogP contribution in [0.15, 0.2) is 34.8 Å². The third kappa shape index (κ3) is 3.91. The van der Waals surface area contributed by atoms with Gasteiger partial charge in [0, 0.05) is 29.7 Å². The molecule has 2 aromatic rings. The number of likely N-dealkylation sites (N-methyl/N-ethyl adjacent to an activating group) is 1. The Kier molecular flexibility index (Phi) is 5.11. The fourth-order valence-electron chi connectivity index (χ4n) is 2.72. The molecular formula is C17H20BrN5O. The number of carbonyl (C=O) groups is 1. The summed E-state index contributed by atoms with van der Waals surface area (Å²) in [7, 11) is 2.11. The quantitative estimate of drug-likeness (QED) is 0.869. The van der Waals surface area contributed by atoms with Crippen molar-refractivity contribution in [2.45, 2.75) is 6.42 Å². The van der Waals surface area contributed by atoms with Crippen LogP contribution in [0.2, 0.25) is 0 Å². The highest BCUT2D eigenvalue weighted by atomic mass is 79.9. The highest BCUT2D eigenvalue weighted by molar-refractivity contribution is 9.10. The molecule has 6 nitrogen and oxygen atoms in total. The number of primary amides is 1. The molecule has 1 aromatic heterocycles. The zero-order valence-corrected chi connectivity index (χ0v) is 15.2. The van der Waals surface area contributed by atoms with Crippen LogP contribution >= 0.6 is 15.9 Å². The number of anilines is 1. The third-order valence-electron chi connectivity index (χ3n) is 4.11. The minimum Gasteiger partial charge on any atom is -0.364 e. The summed E-state index contributed by atoms with van der Waals surface area (Å²) in [5.41, 5.74) is 7.35. The van der Waals surface area contributed by atoms with E-state index in [1.807, 2.05) is 24.3 Å². The van der Waals surface area contributed by atoms with E-state index in [1.54, 1.807) is 6.07 Å². The Labute approximate surface area is 149 Å². The molecule has 0 unspecified atom stereocenters. The number of rotatable bonds is 3. The summed E-state index contributed by atoms with van der Waals surface area (Å²) in [5.74, 6) is 0.0310. The predicted octanol–water partition coefficient (Wildman–Crippen LogP) is 2.15. The zero-order chi connectivity index (χ0) is 17.1. The topological polar surface area (TPSA) is 75.3 Å². The van der Waals surface area contributed by atoms with Gasteiger partial charge < -0.3 is 15.5 Å². The molecule has 2 N–H and O–H groups in total. The number of benzene rings is 1. The maximum Gasteiger partial charge on any atom is 0.267 e. The van der Waals surface area contributed by atoms with Crippen LogP contribution in [-0.2, 0) is 0 Å². The van der Waals surface area contributed by atoms with Crippen molar-refractivity contribution < 1.29 is 4.79 Å². The average molecular weight is 390 g/mol. The Morgan fingerprint density at radius 2 is 1.88 bits per heavy atom. The lowest BCUT2D eigenvalue weighted by Crippen LogP contribution is -2.31. The van der Waals surface area contributed by atoms with Crippen molar-refractivity contribution in [1.82, 2.24) is 14.9 Å². The van der Waals surface area contributed by atoms with Gasteiger partial charge in [0.05, 0.1) is 5.69 Å². The SMILES string of the molecule is CN1CCCN(c2nc(C(N)=O)cc(-c3ccc(Br)cc3)n2)CC1. The number of hydrogen-bond donors (Lipinski definition) is 1. The Bertz CT molecular complexity index is 734. The van der Waals surface area contributed by atoms with Gasteiger partial charge in [-0.25, -0.2) is 9.97 Å². The van der Waals surface area contributed by atoms with Crippen molar-refractivity contribution in [3.05, 3.63) is 40.5 Å². The van der Waals surface area contributed by atoms with Crippen molar-refractivity contribution in [1.29, 1.82) is 0 Å². The Morgan fingerprint density at radius 1 is 1.12 bits per heavy atom. The van der Waals surface area contributed by atoms with Crippen molar-refractivity contribution in [2.24, 2.45) is 5.73 Å². The van der Waals surface area contributed by atoms with Gasteiger partial charge >= 0.3 is 0 Å². The molecule has 7 heteroatoms. The van der Waals surface area contributed by atoms with E-state index in [0.29, 0.717) is 11.6 Å². The van der Waals surface area contributed by atoms with Gasteiger partial charge in [0.15, 0.2) is 0 Å². The number of hydrogen-bond acceptors (Lipinski definition) is 5. The van der Waals surface area contributed by atoms with Gasteiger partial charge in [-0.15, -0.1) is 0 Å². The molecule has 0 radical (unpaired) electrons. The smallest absolute Gasteiger partial charge is 0.267 e. The second kappa shape index (κ2) is 7.27. The summed E-state index contributed by atoms with van der Waals surface area (Å²) in [6.07, 6.45) is 1.04. The van der Waals surface area contributed by atoms with E-state index < -0.39 is 5.91 Å². The highest BCUT2D eigenvalue weighted by Crippen LogP contribution is 2.23. The van der Waals surface area contributed by atoms with Crippen molar-refractivity contribution in [3.8, 4) is 11.3 Å². The normalized spacial score (nSPS) is 16.0. The van der Waals surface area contributed by atoms with Crippen LogP contribution in [0.1, 0.15) is 16.9 Å². The molecule has 1 aliphatic heterocycles. The molecule has 0 saturated carbocycles. The molecule has 0 aliphatic carbocycles. The zero-order valence-electron chi connectivity index (χ0n) is 13.6. The second-order valence-corrected chi connectivity index (χ2v) is 6.87. The van der Waals surface area contributed by atoms with Crippen LogP contribution < -0.4 is 10.6 Å². The predicted molar refractivity (Wildman–Crippen MR) is 98.0 cm³/mol. The van der Waals surface area contributed by atoms with Crippen LogP contribution in [0.4, 0.5) is 5.95 Å². The molecule has 1 amide bonds. The van der Waals surface area contributed by atoms with E-state index in [-0.39, 0.29) is 5.69 Å². The Hall–Kier alpha value is -1.99. The van der Waals surface area contributed by atoms with Gasteiger partial charge in [-0.3, -0.25) is 4.79 Å². The van der Waals surface area contributed by atoms with Crippen molar-refractivity contribution in [2.75, 3.05) is 38.1 Å². The first-order valence-corrected chi connectivity index (χ1v) is 8.70. The average Bonchev–Trinajstić information content (AvgIpc) is 2.79. The number of nitrogens with zero attached hydrogens (tertiary/aromatic N) is 4. The van der Waals surface area contributed by atoms with Gasteiger partial charge in [-0.05, 0) is 38.2 Å². The van der Waals surface area contributed by atoms with Gasteiger partial charge in [0.1, 0.15) is 5.69 Å². The highest BCUT2D eigenvalue weighted by Gasteiger charge is 2.18. The largest absolute Gasteiger partial charge is 0.364 e. The summed E-state index contributed by atoms with van der Waals surface area (Å²) in [6, 6.07) is 9.46. The lowest BCUT2D eigenvalue weighted by Gasteiger charge is -2.21. The third-order valence-corrected chi connectivity index (χ3v) is 4.64. The van der Waals surface area contributed by atoms with Crippen LogP contribution in [0.3, 0.4) is 0 Å². The van der Waals surface area contributed by atoms with Gasteiger partial charge in [-0.2, -0.15) is 0 Å². The van der Waals surface area contributed by atoms with Crippen LogP contribution in [-0.4, -0.2) is 54.0 Å². The van der Waals surface area contributed by atoms with Crippen LogP contribution in [0.5, 0.6) is 0 Å². The molecule has 1 fully saturated rings. The maximum absolute atomic E-state index is 11.7. The minimum atomic E-state index is -0.538. The summed E-state index contributed by atoms with van der Waals surface area (Å²) in [6.45, 7) is 3.69. The summed E-state index contributed by atoms with van der Waals surface area (Å²) >= 11 is 3.43. The van der Waals surface area contributed by atoms with Gasteiger partial charge in [-0.1, -0.05) is 28.1 Å². The molecule has 0 atom stereocenters. The summed E-state index contributed by atoms with van der Waals surface area (Å²) in [5, 5.41) is 0. The van der Waals surface area contributed by atoms with Crippen LogP contribution in [0.25, 0.3) is 11.3 Å². The van der Waals surface area contributed by atoms with Crippen molar-refractivity contribution >= 4 is 27.8 Å². The number of aromatic nitrogens is 2. The van der Waals surface area contributed by atoms with Gasteiger partial charge in [0.2, 0.25) is 5.95 Å². The van der Waals surface area contributed by atoms with E-state index in [1.165, 1.54) is 0 Å². The molecule has 1 aromatic carbocycles. The molecule has 2 heterocycles. The molecule has 0 bridgehead atoms. The van der Waals surface area contributed by atoms with E-state index in [2.05, 4.69) is 42.7 Å². The molecule has 126 valence electrons. The van der Waals surface area contributed by atoms with E-state index in [0.717, 1.165) is 42.6 Å². The maximum atomic E-state index is 11.7. The Morgan fingerprint density at radius 3 is 2.58 bits per heavy atom. The minimum absolute atomic E-state index is 0.246. The number of amides is 1. The van der Waals surface area contributed by atoms with Gasteiger partial charge in [0.25, 0.3) is 5.91 Å². The second-order valence-electron chi connectivity index (χ2n) is 5.95. The standard InChI is InChI=1S/C17H20BrN5O/c1-22-7-2-8-23(10-9-22)17-20-14(11-15(21-17)16(19)24)12-3-5-13(18)6-4-12/h3-6,11H,2,7-10H2,1H3,(H2,19,24). The first-order chi connectivity index (χ1) is 11.5. The van der Waals surface area contributed by atoms with E-state index >= 15 is 0 Å². The molecule has 1 saturated heterocycles. The molecule has 3 rings (SSSR count). The first-order valence-electron chi connectivity index (χ1n) is 7.91. The number of carbonyl (C=O) groups excluding carboxylic acids is 1. The van der Waals surface area contributed by atoms with E-state index in [9.17, 15) is 4.79 Å². The fourth-order valence-corrected chi connectivity index (χ4v) is 2.98. The first kappa shape index (κ1) is 16.9. The Balaban J connectivity index is 1.99. The summed E-state index contributed by atoms with van der Waals surface area (Å²) < 4.78 is 0.992. The fraction of sp³-hybridized carbons (Fsp3) is 0.353. The van der Waals surface area contributed by atoms with Crippen LogP contribution in [0, 0.1) is 0 Å². The monoisotopic (exact) mass is 389 g/mol. The molecule has 24 heavy (non-hydrogen) atoms.